The van der Waals surface area contributed by atoms with Crippen LogP contribution in [0.4, 0.5) is 0 Å². The first kappa shape index (κ1) is 10.7. The second-order valence-electron chi connectivity index (χ2n) is 2.41. The Hall–Kier alpha value is -1.42. The van der Waals surface area contributed by atoms with Gasteiger partial charge in [-0.05, 0) is 12.5 Å². The number of rotatable bonds is 3. The van der Waals surface area contributed by atoms with Crippen molar-refractivity contribution in [3.05, 3.63) is 35.6 Å². The molecule has 0 radical (unpaired) electrons. The molecule has 0 aromatic carbocycles. The van der Waals surface area contributed by atoms with E-state index < -0.39 is 5.97 Å². The topological polar surface area (TPSA) is 52.1 Å². The fraction of sp³-hybridized carbons (Fsp3) is 0.222. The molecule has 4 nitrogen and oxygen atoms in total. The molecule has 0 saturated carbocycles. The van der Waals surface area contributed by atoms with E-state index in [4.69, 9.17) is 16.3 Å². The zero-order valence-corrected chi connectivity index (χ0v) is 8.36. The first-order valence-corrected chi connectivity index (χ1v) is 4.45. The van der Waals surface area contributed by atoms with Crippen molar-refractivity contribution < 1.29 is 9.53 Å². The molecule has 0 aliphatic carbocycles. The molecule has 0 saturated heterocycles. The van der Waals surface area contributed by atoms with Gasteiger partial charge in [-0.1, -0.05) is 18.5 Å². The van der Waals surface area contributed by atoms with Gasteiger partial charge in [0.25, 0.3) is 0 Å². The van der Waals surface area contributed by atoms with E-state index in [1.165, 1.54) is 18.7 Å². The summed E-state index contributed by atoms with van der Waals surface area (Å²) in [6, 6.07) is 0. The van der Waals surface area contributed by atoms with Gasteiger partial charge in [0.05, 0.1) is 18.7 Å². The van der Waals surface area contributed by atoms with E-state index in [0.717, 1.165) is 6.42 Å². The molecule has 1 aromatic heterocycles. The average molecular weight is 213 g/mol. The summed E-state index contributed by atoms with van der Waals surface area (Å²) in [6.45, 7) is 1.94. The highest BCUT2D eigenvalue weighted by Gasteiger charge is 2.07. The van der Waals surface area contributed by atoms with Gasteiger partial charge in [-0.15, -0.1) is 0 Å². The minimum Gasteiger partial charge on any atom is -0.430 e. The molecule has 0 unspecified atom stereocenters. The lowest BCUT2D eigenvalue weighted by atomic mass is 10.4. The highest BCUT2D eigenvalue weighted by molar-refractivity contribution is 6.29. The Balaban J connectivity index is 2.61. The van der Waals surface area contributed by atoms with Crippen molar-refractivity contribution in [3.8, 4) is 0 Å². The Morgan fingerprint density at radius 3 is 2.93 bits per heavy atom. The fourth-order valence-corrected chi connectivity index (χ4v) is 0.782. The van der Waals surface area contributed by atoms with Crippen LogP contribution in [-0.4, -0.2) is 15.9 Å². The fourth-order valence-electron chi connectivity index (χ4n) is 0.684. The predicted molar refractivity (Wildman–Crippen MR) is 51.9 cm³/mol. The second-order valence-corrected chi connectivity index (χ2v) is 2.80. The highest BCUT2D eigenvalue weighted by Crippen LogP contribution is 2.02. The third kappa shape index (κ3) is 3.14. The average Bonchev–Trinajstić information content (AvgIpc) is 2.19. The van der Waals surface area contributed by atoms with Crippen molar-refractivity contribution in [2.45, 2.75) is 13.3 Å². The summed E-state index contributed by atoms with van der Waals surface area (Å²) >= 11 is 5.50. The lowest BCUT2D eigenvalue weighted by Crippen LogP contribution is -2.03. The summed E-state index contributed by atoms with van der Waals surface area (Å²) in [5, 5.41) is 0.241. The SMILES string of the molecule is CC/C=C/OC(=O)c1cnc(Cl)cn1. The molecule has 1 rings (SSSR count). The van der Waals surface area contributed by atoms with Gasteiger partial charge >= 0.3 is 5.97 Å². The van der Waals surface area contributed by atoms with Crippen LogP contribution in [0.25, 0.3) is 0 Å². The maximum atomic E-state index is 11.2. The quantitative estimate of drug-likeness (QED) is 0.570. The zero-order valence-electron chi connectivity index (χ0n) is 7.61. The summed E-state index contributed by atoms with van der Waals surface area (Å²) in [5.74, 6) is -0.543. The number of ether oxygens (including phenoxy) is 1. The molecule has 0 atom stereocenters. The van der Waals surface area contributed by atoms with Gasteiger partial charge in [-0.2, -0.15) is 0 Å². The third-order valence-corrected chi connectivity index (χ3v) is 1.53. The first-order valence-electron chi connectivity index (χ1n) is 4.07. The smallest absolute Gasteiger partial charge is 0.363 e. The molecular weight excluding hydrogens is 204 g/mol. The number of esters is 1. The minimum atomic E-state index is -0.543. The highest BCUT2D eigenvalue weighted by atomic mass is 35.5. The van der Waals surface area contributed by atoms with Crippen molar-refractivity contribution in [1.82, 2.24) is 9.97 Å². The van der Waals surface area contributed by atoms with Crippen molar-refractivity contribution >= 4 is 17.6 Å². The molecule has 0 fully saturated rings. The van der Waals surface area contributed by atoms with Crippen molar-refractivity contribution in [2.24, 2.45) is 0 Å². The number of hydrogen-bond donors (Lipinski definition) is 0. The normalized spacial score (nSPS) is 10.4. The van der Waals surface area contributed by atoms with E-state index in [-0.39, 0.29) is 10.8 Å². The molecule has 74 valence electrons. The van der Waals surface area contributed by atoms with Crippen molar-refractivity contribution in [2.75, 3.05) is 0 Å². The lowest BCUT2D eigenvalue weighted by Gasteiger charge is -1.97. The Kier molecular flexibility index (Phi) is 4.07. The van der Waals surface area contributed by atoms with Gasteiger partial charge in [-0.3, -0.25) is 0 Å². The summed E-state index contributed by atoms with van der Waals surface area (Å²) < 4.78 is 4.74. The van der Waals surface area contributed by atoms with Crippen molar-refractivity contribution in [3.63, 3.8) is 0 Å². The summed E-state index contributed by atoms with van der Waals surface area (Å²) in [7, 11) is 0. The van der Waals surface area contributed by atoms with Gasteiger partial charge in [0.15, 0.2) is 5.69 Å². The summed E-state index contributed by atoms with van der Waals surface area (Å²) in [6.07, 6.45) is 6.42. The predicted octanol–water partition coefficient (Wildman–Crippen LogP) is 2.21. The first-order chi connectivity index (χ1) is 6.74. The molecule has 0 bridgehead atoms. The van der Waals surface area contributed by atoms with E-state index in [1.807, 2.05) is 6.92 Å². The number of hydrogen-bond acceptors (Lipinski definition) is 4. The molecule has 5 heteroatoms. The molecule has 0 amide bonds. The third-order valence-electron chi connectivity index (χ3n) is 1.34. The molecular formula is C9H9ClN2O2. The maximum Gasteiger partial charge on any atom is 0.363 e. The van der Waals surface area contributed by atoms with Crippen molar-refractivity contribution in [1.29, 1.82) is 0 Å². The molecule has 1 heterocycles. The van der Waals surface area contributed by atoms with Crippen LogP contribution in [-0.2, 0) is 4.74 Å². The Morgan fingerprint density at radius 2 is 2.36 bits per heavy atom. The van der Waals surface area contributed by atoms with Gasteiger partial charge in [-0.25, -0.2) is 14.8 Å². The van der Waals surface area contributed by atoms with Crippen LogP contribution in [0.2, 0.25) is 5.15 Å². The Morgan fingerprint density at radius 1 is 1.57 bits per heavy atom. The number of carbonyl (C=O) groups is 1. The number of allylic oxidation sites excluding steroid dienone is 1. The monoisotopic (exact) mass is 212 g/mol. The number of nitrogens with zero attached hydrogens (tertiary/aromatic N) is 2. The van der Waals surface area contributed by atoms with E-state index >= 15 is 0 Å². The molecule has 0 aliphatic rings. The van der Waals surface area contributed by atoms with Crippen LogP contribution in [0.15, 0.2) is 24.7 Å². The van der Waals surface area contributed by atoms with E-state index in [9.17, 15) is 4.79 Å². The number of carbonyl (C=O) groups excluding carboxylic acids is 1. The van der Waals surface area contributed by atoms with Crippen LogP contribution >= 0.6 is 11.6 Å². The Bertz CT molecular complexity index is 335. The van der Waals surface area contributed by atoms with Crippen LogP contribution < -0.4 is 0 Å². The van der Waals surface area contributed by atoms with E-state index in [1.54, 1.807) is 6.08 Å². The zero-order chi connectivity index (χ0) is 10.4. The van der Waals surface area contributed by atoms with Crippen LogP contribution in [0.3, 0.4) is 0 Å². The molecule has 14 heavy (non-hydrogen) atoms. The molecule has 1 aromatic rings. The molecule has 0 N–H and O–H groups in total. The largest absolute Gasteiger partial charge is 0.430 e. The standard InChI is InChI=1S/C9H9ClN2O2/c1-2-3-4-14-9(13)7-5-12-8(10)6-11-7/h3-6H,2H2,1H3/b4-3+. The summed E-state index contributed by atoms with van der Waals surface area (Å²) in [5.41, 5.74) is 0.134. The summed E-state index contributed by atoms with van der Waals surface area (Å²) in [4.78, 5) is 18.7. The van der Waals surface area contributed by atoms with Crippen LogP contribution in [0.5, 0.6) is 0 Å². The van der Waals surface area contributed by atoms with Crippen LogP contribution in [0.1, 0.15) is 23.8 Å². The maximum absolute atomic E-state index is 11.2. The second kappa shape index (κ2) is 5.34. The minimum absolute atomic E-state index is 0.134. The lowest BCUT2D eigenvalue weighted by molar-refractivity contribution is 0.0655. The molecule has 0 aliphatic heterocycles. The number of aromatic nitrogens is 2. The van der Waals surface area contributed by atoms with E-state index in [2.05, 4.69) is 9.97 Å². The van der Waals surface area contributed by atoms with E-state index in [0.29, 0.717) is 0 Å². The molecule has 0 spiro atoms. The van der Waals surface area contributed by atoms with Gasteiger partial charge in [0, 0.05) is 0 Å². The Labute approximate surface area is 86.6 Å². The van der Waals surface area contributed by atoms with Gasteiger partial charge in [0.2, 0.25) is 0 Å². The van der Waals surface area contributed by atoms with Gasteiger partial charge < -0.3 is 4.74 Å². The number of halogens is 1. The van der Waals surface area contributed by atoms with Crippen LogP contribution in [0, 0.1) is 0 Å². The van der Waals surface area contributed by atoms with Gasteiger partial charge in [0.1, 0.15) is 5.15 Å².